The third-order valence-corrected chi connectivity index (χ3v) is 4.51. The number of carbonyl (C=O) groups is 1. The Morgan fingerprint density at radius 2 is 1.76 bits per heavy atom. The number of rotatable bonds is 4. The van der Waals surface area contributed by atoms with Crippen LogP contribution in [0.3, 0.4) is 0 Å². The van der Waals surface area contributed by atoms with Gasteiger partial charge in [-0.3, -0.25) is 4.79 Å². The second kappa shape index (κ2) is 7.04. The van der Waals surface area contributed by atoms with E-state index in [-0.39, 0.29) is 11.6 Å². The number of carbonyl (C=O) groups excluding carboxylic acids is 1. The maximum atomic E-state index is 13.0. The van der Waals surface area contributed by atoms with Crippen LogP contribution in [0.15, 0.2) is 53.9 Å². The summed E-state index contributed by atoms with van der Waals surface area (Å²) in [5.41, 5.74) is 2.10. The second-order valence-corrected chi connectivity index (χ2v) is 6.08. The summed E-state index contributed by atoms with van der Waals surface area (Å²) in [7, 11) is 0. The molecule has 1 heterocycles. The van der Waals surface area contributed by atoms with Crippen molar-refractivity contribution in [2.45, 2.75) is 5.92 Å². The molecule has 0 saturated heterocycles. The third kappa shape index (κ3) is 3.45. The summed E-state index contributed by atoms with van der Waals surface area (Å²) in [4.78, 5) is 16.9. The molecule has 120 valence electrons. The summed E-state index contributed by atoms with van der Waals surface area (Å²) >= 11 is 1.21. The summed E-state index contributed by atoms with van der Waals surface area (Å²) < 4.78 is 13.0. The summed E-state index contributed by atoms with van der Waals surface area (Å²) in [5.74, 6) is -1.73. The van der Waals surface area contributed by atoms with Crippen LogP contribution < -0.4 is 0 Å². The van der Waals surface area contributed by atoms with E-state index in [1.165, 1.54) is 47.7 Å². The summed E-state index contributed by atoms with van der Waals surface area (Å²) in [6, 6.07) is 16.0. The van der Waals surface area contributed by atoms with Crippen LogP contribution in [0, 0.1) is 28.5 Å². The van der Waals surface area contributed by atoms with Crippen molar-refractivity contribution < 1.29 is 9.18 Å². The Morgan fingerprint density at radius 3 is 2.36 bits per heavy atom. The molecule has 0 spiro atoms. The zero-order valence-corrected chi connectivity index (χ0v) is 13.6. The lowest BCUT2D eigenvalue weighted by Gasteiger charge is -2.05. The van der Waals surface area contributed by atoms with E-state index in [9.17, 15) is 14.4 Å². The molecule has 2 aromatic carbocycles. The predicted molar refractivity (Wildman–Crippen MR) is 91.3 cm³/mol. The molecule has 4 nitrogen and oxygen atoms in total. The van der Waals surface area contributed by atoms with Gasteiger partial charge in [0.1, 0.15) is 10.8 Å². The topological polar surface area (TPSA) is 77.5 Å². The maximum absolute atomic E-state index is 13.0. The second-order valence-electron chi connectivity index (χ2n) is 5.19. The fourth-order valence-electron chi connectivity index (χ4n) is 2.28. The number of nitriles is 2. The van der Waals surface area contributed by atoms with Gasteiger partial charge < -0.3 is 0 Å². The molecular weight excluding hydrogens is 337 g/mol. The van der Waals surface area contributed by atoms with E-state index < -0.39 is 5.92 Å². The molecular formula is C19H10FN3OS. The number of halogens is 1. The Labute approximate surface area is 147 Å². The number of nitrogens with zero attached hydrogens (tertiary/aromatic N) is 3. The van der Waals surface area contributed by atoms with Gasteiger partial charge in [-0.2, -0.15) is 10.5 Å². The normalized spacial score (nSPS) is 11.3. The number of aromatic nitrogens is 1. The predicted octanol–water partition coefficient (Wildman–Crippen LogP) is 4.31. The van der Waals surface area contributed by atoms with Gasteiger partial charge >= 0.3 is 0 Å². The first-order chi connectivity index (χ1) is 12.1. The molecule has 0 radical (unpaired) electrons. The number of benzene rings is 2. The minimum absolute atomic E-state index is 0.343. The van der Waals surface area contributed by atoms with Crippen molar-refractivity contribution in [1.82, 2.24) is 4.98 Å². The summed E-state index contributed by atoms with van der Waals surface area (Å²) in [5, 5.41) is 20.4. The standard InChI is InChI=1S/C19H10FN3OS/c20-15-7-5-13(6-8-15)17-11-25-19(23-17)16(10-22)18(24)14-3-1-12(9-21)2-4-14/h1-8,11,16H/t16-/m0/s1. The zero-order chi connectivity index (χ0) is 17.8. The molecule has 0 unspecified atom stereocenters. The van der Waals surface area contributed by atoms with Gasteiger partial charge in [0.2, 0.25) is 0 Å². The molecule has 0 aliphatic heterocycles. The highest BCUT2D eigenvalue weighted by Crippen LogP contribution is 2.28. The van der Waals surface area contributed by atoms with E-state index in [1.54, 1.807) is 17.5 Å². The van der Waals surface area contributed by atoms with Crippen LogP contribution >= 0.6 is 11.3 Å². The van der Waals surface area contributed by atoms with E-state index in [1.807, 2.05) is 12.1 Å². The molecule has 3 aromatic rings. The van der Waals surface area contributed by atoms with Crippen molar-refractivity contribution in [3.05, 3.63) is 75.9 Å². The fraction of sp³-hybridized carbons (Fsp3) is 0.0526. The van der Waals surface area contributed by atoms with Crippen molar-refractivity contribution in [3.63, 3.8) is 0 Å². The molecule has 0 fully saturated rings. The maximum Gasteiger partial charge on any atom is 0.186 e. The highest BCUT2D eigenvalue weighted by atomic mass is 32.1. The fourth-order valence-corrected chi connectivity index (χ4v) is 3.14. The van der Waals surface area contributed by atoms with Crippen molar-refractivity contribution in [2.24, 2.45) is 0 Å². The minimum atomic E-state index is -1.02. The molecule has 25 heavy (non-hydrogen) atoms. The van der Waals surface area contributed by atoms with Crippen LogP contribution in [0.25, 0.3) is 11.3 Å². The quantitative estimate of drug-likeness (QED) is 0.659. The average molecular weight is 347 g/mol. The number of thiazole rings is 1. The lowest BCUT2D eigenvalue weighted by molar-refractivity contribution is 0.0979. The van der Waals surface area contributed by atoms with E-state index in [4.69, 9.17) is 5.26 Å². The molecule has 0 aliphatic rings. The van der Waals surface area contributed by atoms with Crippen LogP contribution in [0.1, 0.15) is 26.8 Å². The molecule has 0 saturated carbocycles. The average Bonchev–Trinajstić information content (AvgIpc) is 3.12. The minimum Gasteiger partial charge on any atom is -0.292 e. The van der Waals surface area contributed by atoms with Gasteiger partial charge in [0.05, 0.1) is 23.4 Å². The molecule has 0 bridgehead atoms. The van der Waals surface area contributed by atoms with Gasteiger partial charge in [-0.1, -0.05) is 12.1 Å². The van der Waals surface area contributed by atoms with Crippen molar-refractivity contribution >= 4 is 17.1 Å². The van der Waals surface area contributed by atoms with Gasteiger partial charge in [0, 0.05) is 16.5 Å². The van der Waals surface area contributed by atoms with Crippen LogP contribution in [-0.4, -0.2) is 10.8 Å². The van der Waals surface area contributed by atoms with Crippen LogP contribution in [0.4, 0.5) is 4.39 Å². The molecule has 1 aromatic heterocycles. The smallest absolute Gasteiger partial charge is 0.186 e. The van der Waals surface area contributed by atoms with E-state index in [0.717, 1.165) is 0 Å². The van der Waals surface area contributed by atoms with Gasteiger partial charge in [0.25, 0.3) is 0 Å². The van der Waals surface area contributed by atoms with Gasteiger partial charge in [-0.25, -0.2) is 9.37 Å². The van der Waals surface area contributed by atoms with Crippen LogP contribution in [0.5, 0.6) is 0 Å². The molecule has 3 rings (SSSR count). The van der Waals surface area contributed by atoms with E-state index in [2.05, 4.69) is 4.98 Å². The molecule has 1 atom stereocenters. The van der Waals surface area contributed by atoms with Crippen molar-refractivity contribution in [1.29, 1.82) is 10.5 Å². The first-order valence-electron chi connectivity index (χ1n) is 7.27. The Morgan fingerprint density at radius 1 is 1.08 bits per heavy atom. The van der Waals surface area contributed by atoms with E-state index >= 15 is 0 Å². The Kier molecular flexibility index (Phi) is 4.65. The first-order valence-corrected chi connectivity index (χ1v) is 8.15. The monoisotopic (exact) mass is 347 g/mol. The summed E-state index contributed by atoms with van der Waals surface area (Å²) in [6.45, 7) is 0. The SMILES string of the molecule is N#Cc1ccc(C(=O)[C@H](C#N)c2nc(-c3ccc(F)cc3)cs2)cc1. The Hall–Kier alpha value is -3.35. The highest BCUT2D eigenvalue weighted by molar-refractivity contribution is 7.10. The van der Waals surface area contributed by atoms with Crippen molar-refractivity contribution in [3.8, 4) is 23.4 Å². The van der Waals surface area contributed by atoms with Gasteiger partial charge in [0.15, 0.2) is 11.7 Å². The molecule has 6 heteroatoms. The van der Waals surface area contributed by atoms with Gasteiger partial charge in [-0.05, 0) is 36.4 Å². The number of Topliss-reactive ketones (excluding diaryl/α,β-unsaturated/α-hetero) is 1. The highest BCUT2D eigenvalue weighted by Gasteiger charge is 2.25. The number of ketones is 1. The molecule has 0 aliphatic carbocycles. The third-order valence-electron chi connectivity index (χ3n) is 3.60. The Bertz CT molecular complexity index is 995. The number of hydrogen-bond acceptors (Lipinski definition) is 5. The lowest BCUT2D eigenvalue weighted by Crippen LogP contribution is -2.11. The Balaban J connectivity index is 1.88. The summed E-state index contributed by atoms with van der Waals surface area (Å²) in [6.07, 6.45) is 0. The first kappa shape index (κ1) is 16.5. The largest absolute Gasteiger partial charge is 0.292 e. The van der Waals surface area contributed by atoms with Crippen molar-refractivity contribution in [2.75, 3.05) is 0 Å². The molecule has 0 N–H and O–H groups in total. The van der Waals surface area contributed by atoms with Crippen LogP contribution in [0.2, 0.25) is 0 Å². The molecule has 0 amide bonds. The van der Waals surface area contributed by atoms with E-state index in [0.29, 0.717) is 27.4 Å². The number of hydrogen-bond donors (Lipinski definition) is 0. The zero-order valence-electron chi connectivity index (χ0n) is 12.8. The van der Waals surface area contributed by atoms with Crippen LogP contribution in [-0.2, 0) is 0 Å². The van der Waals surface area contributed by atoms with Gasteiger partial charge in [-0.15, -0.1) is 11.3 Å². The lowest BCUT2D eigenvalue weighted by atomic mass is 9.98.